The fraction of sp³-hybridized carbons (Fsp3) is 0.286. The minimum atomic E-state index is -0.318. The Kier molecular flexibility index (Phi) is 4.93. The second-order valence-electron chi connectivity index (χ2n) is 4.15. The van der Waals surface area contributed by atoms with Gasteiger partial charge in [-0.15, -0.1) is 11.3 Å². The third kappa shape index (κ3) is 3.70. The van der Waals surface area contributed by atoms with Gasteiger partial charge in [-0.3, -0.25) is 9.48 Å². The zero-order valence-corrected chi connectivity index (χ0v) is 12.0. The fourth-order valence-corrected chi connectivity index (χ4v) is 2.45. The van der Waals surface area contributed by atoms with Crippen molar-refractivity contribution in [2.24, 2.45) is 5.73 Å². The SMILES string of the molecule is CC(C(=O)NCc1ccc(C#CCN)s1)n1cccn1. The van der Waals surface area contributed by atoms with Crippen molar-refractivity contribution < 1.29 is 4.79 Å². The molecule has 3 N–H and O–H groups in total. The summed E-state index contributed by atoms with van der Waals surface area (Å²) < 4.78 is 1.63. The summed E-state index contributed by atoms with van der Waals surface area (Å²) in [6, 6.07) is 5.38. The maximum atomic E-state index is 12.0. The molecule has 0 aliphatic rings. The molecule has 1 unspecified atom stereocenters. The lowest BCUT2D eigenvalue weighted by atomic mass is 10.3. The van der Waals surface area contributed by atoms with Gasteiger partial charge < -0.3 is 11.1 Å². The number of rotatable bonds is 4. The fourth-order valence-electron chi connectivity index (χ4n) is 1.63. The highest BCUT2D eigenvalue weighted by Gasteiger charge is 2.14. The molecule has 0 aliphatic heterocycles. The van der Waals surface area contributed by atoms with Crippen LogP contribution in [-0.4, -0.2) is 22.2 Å². The Bertz CT molecular complexity index is 621. The summed E-state index contributed by atoms with van der Waals surface area (Å²) in [5.41, 5.74) is 5.33. The van der Waals surface area contributed by atoms with Crippen LogP contribution in [0.2, 0.25) is 0 Å². The average Bonchev–Trinajstić information content (AvgIpc) is 3.13. The quantitative estimate of drug-likeness (QED) is 0.828. The molecule has 0 bridgehead atoms. The third-order valence-electron chi connectivity index (χ3n) is 2.71. The van der Waals surface area contributed by atoms with Crippen LogP contribution in [-0.2, 0) is 11.3 Å². The van der Waals surface area contributed by atoms with Crippen LogP contribution >= 0.6 is 11.3 Å². The molecule has 104 valence electrons. The van der Waals surface area contributed by atoms with Crippen LogP contribution in [0.25, 0.3) is 0 Å². The first-order chi connectivity index (χ1) is 9.70. The normalized spacial score (nSPS) is 11.5. The molecule has 2 rings (SSSR count). The molecule has 1 atom stereocenters. The lowest BCUT2D eigenvalue weighted by Gasteiger charge is -2.11. The van der Waals surface area contributed by atoms with Gasteiger partial charge in [0.05, 0.1) is 18.0 Å². The molecule has 1 amide bonds. The van der Waals surface area contributed by atoms with Crippen molar-refractivity contribution in [1.82, 2.24) is 15.1 Å². The number of thiophene rings is 1. The standard InChI is InChI=1S/C14H16N4OS/c1-11(18-9-3-8-17-18)14(19)16-10-13-6-5-12(20-13)4-2-7-15/h3,5-6,8-9,11H,7,10,15H2,1H3,(H,16,19). The van der Waals surface area contributed by atoms with E-state index in [1.807, 2.05) is 19.1 Å². The monoisotopic (exact) mass is 288 g/mol. The van der Waals surface area contributed by atoms with Crippen LogP contribution in [0.4, 0.5) is 0 Å². The summed E-state index contributed by atoms with van der Waals surface area (Å²) in [4.78, 5) is 14.0. The van der Waals surface area contributed by atoms with Crippen LogP contribution in [0.15, 0.2) is 30.6 Å². The molecule has 0 radical (unpaired) electrons. The summed E-state index contributed by atoms with van der Waals surface area (Å²) in [6.45, 7) is 2.67. The molecule has 0 aliphatic carbocycles. The zero-order valence-electron chi connectivity index (χ0n) is 11.2. The van der Waals surface area contributed by atoms with Gasteiger partial charge in [0.1, 0.15) is 6.04 Å². The second kappa shape index (κ2) is 6.89. The van der Waals surface area contributed by atoms with Gasteiger partial charge in [-0.2, -0.15) is 5.10 Å². The number of carbonyl (C=O) groups excluding carboxylic acids is 1. The van der Waals surface area contributed by atoms with Crippen molar-refractivity contribution in [3.63, 3.8) is 0 Å². The predicted molar refractivity (Wildman–Crippen MR) is 79.0 cm³/mol. The van der Waals surface area contributed by atoms with Crippen LogP contribution in [0, 0.1) is 11.8 Å². The number of hydrogen-bond acceptors (Lipinski definition) is 4. The average molecular weight is 288 g/mol. The van der Waals surface area contributed by atoms with Crippen molar-refractivity contribution in [2.75, 3.05) is 6.54 Å². The lowest BCUT2D eigenvalue weighted by molar-refractivity contribution is -0.124. The highest BCUT2D eigenvalue weighted by atomic mass is 32.1. The van der Waals surface area contributed by atoms with Crippen LogP contribution < -0.4 is 11.1 Å². The molecule has 2 heterocycles. The Morgan fingerprint density at radius 3 is 3.15 bits per heavy atom. The molecule has 2 aromatic rings. The van der Waals surface area contributed by atoms with Crippen LogP contribution in [0.1, 0.15) is 22.7 Å². The Labute approximate surface area is 121 Å². The molecular weight excluding hydrogens is 272 g/mol. The molecule has 6 heteroatoms. The number of hydrogen-bond donors (Lipinski definition) is 2. The Morgan fingerprint density at radius 1 is 1.60 bits per heavy atom. The summed E-state index contributed by atoms with van der Waals surface area (Å²) >= 11 is 1.56. The maximum absolute atomic E-state index is 12.0. The van der Waals surface area contributed by atoms with E-state index in [2.05, 4.69) is 22.3 Å². The summed E-state index contributed by atoms with van der Waals surface area (Å²) in [5, 5.41) is 6.95. The predicted octanol–water partition coefficient (Wildman–Crippen LogP) is 1.13. The third-order valence-corrected chi connectivity index (χ3v) is 3.71. The maximum Gasteiger partial charge on any atom is 0.244 e. The minimum absolute atomic E-state index is 0.0586. The molecule has 0 saturated carbocycles. The number of amides is 1. The van der Waals surface area contributed by atoms with Gasteiger partial charge in [-0.05, 0) is 25.1 Å². The molecule has 0 saturated heterocycles. The Morgan fingerprint density at radius 2 is 2.45 bits per heavy atom. The molecular formula is C14H16N4OS. The van der Waals surface area contributed by atoms with E-state index >= 15 is 0 Å². The topological polar surface area (TPSA) is 72.9 Å². The first-order valence-electron chi connectivity index (χ1n) is 6.25. The number of nitrogens with one attached hydrogen (secondary N) is 1. The highest BCUT2D eigenvalue weighted by Crippen LogP contribution is 2.15. The van der Waals surface area contributed by atoms with Gasteiger partial charge >= 0.3 is 0 Å². The first-order valence-corrected chi connectivity index (χ1v) is 7.07. The molecule has 0 spiro atoms. The van der Waals surface area contributed by atoms with Crippen molar-refractivity contribution >= 4 is 17.2 Å². The molecule has 20 heavy (non-hydrogen) atoms. The van der Waals surface area contributed by atoms with Crippen molar-refractivity contribution in [2.45, 2.75) is 19.5 Å². The van der Waals surface area contributed by atoms with Gasteiger partial charge in [0.15, 0.2) is 0 Å². The smallest absolute Gasteiger partial charge is 0.244 e. The van der Waals surface area contributed by atoms with Gasteiger partial charge in [0.25, 0.3) is 0 Å². The van der Waals surface area contributed by atoms with Gasteiger partial charge in [0.2, 0.25) is 5.91 Å². The molecule has 5 nitrogen and oxygen atoms in total. The molecule has 0 aromatic carbocycles. The zero-order chi connectivity index (χ0) is 14.4. The molecule has 2 aromatic heterocycles. The first kappa shape index (κ1) is 14.3. The van der Waals surface area contributed by atoms with Crippen LogP contribution in [0.5, 0.6) is 0 Å². The van der Waals surface area contributed by atoms with E-state index in [9.17, 15) is 4.79 Å². The van der Waals surface area contributed by atoms with E-state index in [0.29, 0.717) is 13.1 Å². The summed E-state index contributed by atoms with van der Waals surface area (Å²) in [5.74, 6) is 5.72. The van der Waals surface area contributed by atoms with E-state index in [4.69, 9.17) is 5.73 Å². The number of aromatic nitrogens is 2. The highest BCUT2D eigenvalue weighted by molar-refractivity contribution is 7.12. The lowest BCUT2D eigenvalue weighted by Crippen LogP contribution is -2.30. The Balaban J connectivity index is 1.88. The largest absolute Gasteiger partial charge is 0.349 e. The van der Waals surface area contributed by atoms with Gasteiger partial charge in [-0.1, -0.05) is 11.8 Å². The summed E-state index contributed by atoms with van der Waals surface area (Å²) in [7, 11) is 0. The second-order valence-corrected chi connectivity index (χ2v) is 5.32. The van der Waals surface area contributed by atoms with E-state index in [1.165, 1.54) is 0 Å². The van der Waals surface area contributed by atoms with Gasteiger partial charge in [-0.25, -0.2) is 0 Å². The summed E-state index contributed by atoms with van der Waals surface area (Å²) in [6.07, 6.45) is 3.43. The Hall–Kier alpha value is -2.10. The van der Waals surface area contributed by atoms with E-state index in [-0.39, 0.29) is 11.9 Å². The number of nitrogens with two attached hydrogens (primary N) is 1. The number of carbonyl (C=O) groups is 1. The number of nitrogens with zero attached hydrogens (tertiary/aromatic N) is 2. The van der Waals surface area contributed by atoms with Gasteiger partial charge in [0, 0.05) is 17.3 Å². The van der Waals surface area contributed by atoms with Crippen molar-refractivity contribution in [3.8, 4) is 11.8 Å². The van der Waals surface area contributed by atoms with E-state index in [0.717, 1.165) is 9.75 Å². The minimum Gasteiger partial charge on any atom is -0.349 e. The van der Waals surface area contributed by atoms with Crippen molar-refractivity contribution in [1.29, 1.82) is 0 Å². The van der Waals surface area contributed by atoms with Crippen molar-refractivity contribution in [3.05, 3.63) is 40.3 Å². The van der Waals surface area contributed by atoms with E-state index < -0.39 is 0 Å². The van der Waals surface area contributed by atoms with E-state index in [1.54, 1.807) is 34.5 Å². The van der Waals surface area contributed by atoms with Crippen LogP contribution in [0.3, 0.4) is 0 Å². The molecule has 0 fully saturated rings.